The van der Waals surface area contributed by atoms with E-state index >= 15 is 0 Å². The number of methoxy groups -OCH3 is 1. The number of nitrogens with one attached hydrogen (secondary N) is 2. The second-order valence-corrected chi connectivity index (χ2v) is 8.02. The number of halogens is 2. The van der Waals surface area contributed by atoms with E-state index in [1.54, 1.807) is 34.9 Å². The van der Waals surface area contributed by atoms with Gasteiger partial charge in [-0.3, -0.25) is 9.59 Å². The van der Waals surface area contributed by atoms with E-state index < -0.39 is 11.7 Å². The van der Waals surface area contributed by atoms with E-state index in [1.165, 1.54) is 37.1 Å². The molecule has 3 aromatic rings. The fourth-order valence-corrected chi connectivity index (χ4v) is 3.80. The molecule has 0 aliphatic carbocycles. The Bertz CT molecular complexity index is 1170. The third-order valence-corrected chi connectivity index (χ3v) is 5.60. The van der Waals surface area contributed by atoms with E-state index in [2.05, 4.69) is 27.4 Å². The summed E-state index contributed by atoms with van der Waals surface area (Å²) in [6.07, 6.45) is 1.65. The van der Waals surface area contributed by atoms with Gasteiger partial charge in [-0.2, -0.15) is 0 Å². The zero-order chi connectivity index (χ0) is 23.8. The molecule has 0 aliphatic heterocycles. The molecule has 0 radical (unpaired) electrons. The second kappa shape index (κ2) is 11.5. The van der Waals surface area contributed by atoms with Crippen LogP contribution in [-0.2, 0) is 17.9 Å². The number of thioether (sulfide) groups is 1. The lowest BCUT2D eigenvalue weighted by Gasteiger charge is -2.11. The lowest BCUT2D eigenvalue weighted by Crippen LogP contribution is -2.25. The summed E-state index contributed by atoms with van der Waals surface area (Å²) in [5.41, 5.74) is 0.398. The largest absolute Gasteiger partial charge is 0.495 e. The van der Waals surface area contributed by atoms with Crippen LogP contribution in [0, 0.1) is 5.82 Å². The Labute approximate surface area is 199 Å². The third-order valence-electron chi connectivity index (χ3n) is 4.40. The number of carbonyl (C=O) groups excluding carboxylic acids is 2. The summed E-state index contributed by atoms with van der Waals surface area (Å²) < 4.78 is 20.8. The van der Waals surface area contributed by atoms with E-state index in [1.807, 2.05) is 0 Å². The van der Waals surface area contributed by atoms with Gasteiger partial charge in [0.05, 0.1) is 30.7 Å². The van der Waals surface area contributed by atoms with Crippen molar-refractivity contribution in [2.75, 3.05) is 18.2 Å². The SMILES string of the molecule is C=CCn1c(CNC(=O)c2ccccc2F)nnc1SCC(=O)Nc1cc(Cl)ccc1OC. The van der Waals surface area contributed by atoms with Crippen LogP contribution in [0.3, 0.4) is 0 Å². The van der Waals surface area contributed by atoms with Crippen molar-refractivity contribution in [3.63, 3.8) is 0 Å². The highest BCUT2D eigenvalue weighted by Gasteiger charge is 2.17. The highest BCUT2D eigenvalue weighted by atomic mass is 35.5. The van der Waals surface area contributed by atoms with Gasteiger partial charge in [0.1, 0.15) is 11.6 Å². The number of benzene rings is 2. The predicted molar refractivity (Wildman–Crippen MR) is 125 cm³/mol. The number of ether oxygens (including phenoxy) is 1. The van der Waals surface area contributed by atoms with Crippen molar-refractivity contribution in [1.29, 1.82) is 0 Å². The number of allylic oxidation sites excluding steroid dienone is 1. The summed E-state index contributed by atoms with van der Waals surface area (Å²) in [4.78, 5) is 24.7. The van der Waals surface area contributed by atoms with Crippen LogP contribution in [-0.4, -0.2) is 39.4 Å². The normalized spacial score (nSPS) is 10.5. The maximum atomic E-state index is 13.8. The first-order valence-electron chi connectivity index (χ1n) is 9.74. The topological polar surface area (TPSA) is 98.1 Å². The van der Waals surface area contributed by atoms with E-state index in [-0.39, 0.29) is 23.8 Å². The Kier molecular flexibility index (Phi) is 8.45. The Morgan fingerprint density at radius 1 is 1.27 bits per heavy atom. The highest BCUT2D eigenvalue weighted by molar-refractivity contribution is 7.99. The molecule has 3 rings (SSSR count). The van der Waals surface area contributed by atoms with Gasteiger partial charge >= 0.3 is 0 Å². The minimum absolute atomic E-state index is 0.0283. The molecule has 33 heavy (non-hydrogen) atoms. The molecule has 1 aromatic heterocycles. The molecular weight excluding hydrogens is 469 g/mol. The molecule has 0 bridgehead atoms. The molecule has 2 amide bonds. The number of hydrogen-bond acceptors (Lipinski definition) is 6. The molecule has 2 N–H and O–H groups in total. The van der Waals surface area contributed by atoms with Crippen molar-refractivity contribution in [1.82, 2.24) is 20.1 Å². The summed E-state index contributed by atoms with van der Waals surface area (Å²) >= 11 is 7.16. The van der Waals surface area contributed by atoms with Crippen LogP contribution in [0.2, 0.25) is 5.02 Å². The number of nitrogens with zero attached hydrogens (tertiary/aromatic N) is 3. The summed E-state index contributed by atoms with van der Waals surface area (Å²) in [7, 11) is 1.50. The number of aromatic nitrogens is 3. The van der Waals surface area contributed by atoms with Crippen molar-refractivity contribution in [2.45, 2.75) is 18.2 Å². The number of anilines is 1. The monoisotopic (exact) mass is 489 g/mol. The Balaban J connectivity index is 1.64. The summed E-state index contributed by atoms with van der Waals surface area (Å²) in [6.45, 7) is 4.12. The van der Waals surface area contributed by atoms with Gasteiger partial charge < -0.3 is 19.9 Å². The molecule has 0 fully saturated rings. The van der Waals surface area contributed by atoms with Crippen molar-refractivity contribution < 1.29 is 18.7 Å². The van der Waals surface area contributed by atoms with E-state index in [0.717, 1.165) is 0 Å². The second-order valence-electron chi connectivity index (χ2n) is 6.64. The van der Waals surface area contributed by atoms with E-state index in [4.69, 9.17) is 16.3 Å². The molecule has 0 spiro atoms. The first-order valence-corrected chi connectivity index (χ1v) is 11.1. The fraction of sp³-hybridized carbons (Fsp3) is 0.182. The van der Waals surface area contributed by atoms with Gasteiger partial charge in [-0.05, 0) is 30.3 Å². The fourth-order valence-electron chi connectivity index (χ4n) is 2.86. The zero-order valence-electron chi connectivity index (χ0n) is 17.7. The van der Waals surface area contributed by atoms with Crippen LogP contribution in [0.1, 0.15) is 16.2 Å². The molecule has 8 nitrogen and oxygen atoms in total. The number of rotatable bonds is 10. The van der Waals surface area contributed by atoms with E-state index in [9.17, 15) is 14.0 Å². The first kappa shape index (κ1) is 24.3. The van der Waals surface area contributed by atoms with Crippen LogP contribution in [0.4, 0.5) is 10.1 Å². The van der Waals surface area contributed by atoms with Crippen molar-refractivity contribution in [3.8, 4) is 5.75 Å². The third kappa shape index (κ3) is 6.33. The average molecular weight is 490 g/mol. The van der Waals surface area contributed by atoms with Gasteiger partial charge in [-0.15, -0.1) is 16.8 Å². The van der Waals surface area contributed by atoms with Crippen LogP contribution in [0.25, 0.3) is 0 Å². The number of hydrogen-bond donors (Lipinski definition) is 2. The number of carbonyl (C=O) groups is 2. The Morgan fingerprint density at radius 2 is 2.06 bits per heavy atom. The molecule has 11 heteroatoms. The highest BCUT2D eigenvalue weighted by Crippen LogP contribution is 2.28. The quantitative estimate of drug-likeness (QED) is 0.331. The molecule has 1 heterocycles. The maximum Gasteiger partial charge on any atom is 0.254 e. The molecular formula is C22H21ClFN5O3S. The summed E-state index contributed by atoms with van der Waals surface area (Å²) in [5, 5.41) is 14.5. The van der Waals surface area contributed by atoms with Gasteiger partial charge in [0.15, 0.2) is 11.0 Å². The lowest BCUT2D eigenvalue weighted by molar-refractivity contribution is -0.113. The predicted octanol–water partition coefficient (Wildman–Crippen LogP) is 3.93. The molecule has 0 saturated carbocycles. The van der Waals surface area contributed by atoms with Gasteiger partial charge in [0.2, 0.25) is 5.91 Å². The Hall–Kier alpha value is -3.37. The molecule has 0 unspecified atom stereocenters. The van der Waals surface area contributed by atoms with Crippen molar-refractivity contribution in [3.05, 3.63) is 77.3 Å². The van der Waals surface area contributed by atoms with Crippen LogP contribution >= 0.6 is 23.4 Å². The van der Waals surface area contributed by atoms with Gasteiger partial charge in [-0.25, -0.2) is 4.39 Å². The van der Waals surface area contributed by atoms with Crippen LogP contribution < -0.4 is 15.4 Å². The first-order chi connectivity index (χ1) is 15.9. The molecule has 0 aliphatic rings. The minimum atomic E-state index is -0.610. The van der Waals surface area contributed by atoms with Gasteiger partial charge in [0, 0.05) is 11.6 Å². The average Bonchev–Trinajstić information content (AvgIpc) is 3.18. The lowest BCUT2D eigenvalue weighted by atomic mass is 10.2. The summed E-state index contributed by atoms with van der Waals surface area (Å²) in [5.74, 6) is -0.485. The van der Waals surface area contributed by atoms with Gasteiger partial charge in [0.25, 0.3) is 5.91 Å². The molecule has 0 saturated heterocycles. The maximum absolute atomic E-state index is 13.8. The smallest absolute Gasteiger partial charge is 0.254 e. The van der Waals surface area contributed by atoms with Crippen LogP contribution in [0.15, 0.2) is 60.3 Å². The molecule has 0 atom stereocenters. The van der Waals surface area contributed by atoms with Crippen molar-refractivity contribution in [2.24, 2.45) is 0 Å². The number of amides is 2. The van der Waals surface area contributed by atoms with Gasteiger partial charge in [-0.1, -0.05) is 41.6 Å². The van der Waals surface area contributed by atoms with Crippen molar-refractivity contribution >= 4 is 40.9 Å². The standard InChI is InChI=1S/C22H21ClFN5O3S/c1-3-10-29-19(12-25-21(31)15-6-4-5-7-16(15)24)27-28-22(29)33-13-20(30)26-17-11-14(23)8-9-18(17)32-2/h3-9,11H,1,10,12-13H2,2H3,(H,25,31)(H,26,30). The van der Waals surface area contributed by atoms with E-state index in [0.29, 0.717) is 34.0 Å². The van der Waals surface area contributed by atoms with Crippen LogP contribution in [0.5, 0.6) is 5.75 Å². The zero-order valence-corrected chi connectivity index (χ0v) is 19.3. The Morgan fingerprint density at radius 3 is 2.79 bits per heavy atom. The molecule has 172 valence electrons. The minimum Gasteiger partial charge on any atom is -0.495 e. The summed E-state index contributed by atoms with van der Waals surface area (Å²) in [6, 6.07) is 10.6. The molecule has 2 aromatic carbocycles.